The Labute approximate surface area is 135 Å². The van der Waals surface area contributed by atoms with Crippen molar-refractivity contribution in [1.29, 1.82) is 0 Å². The number of likely N-dealkylation sites (tertiary alicyclic amines) is 1. The number of hydrogen-bond donors (Lipinski definition) is 3. The minimum absolute atomic E-state index is 0.138. The molecule has 126 valence electrons. The van der Waals surface area contributed by atoms with Gasteiger partial charge in [0.15, 0.2) is 0 Å². The number of aromatic amines is 1. The van der Waals surface area contributed by atoms with Crippen molar-refractivity contribution < 1.29 is 9.90 Å². The molecule has 1 amide bonds. The Morgan fingerprint density at radius 1 is 1.22 bits per heavy atom. The molecule has 1 saturated heterocycles. The minimum atomic E-state index is -0.265. The van der Waals surface area contributed by atoms with Crippen molar-refractivity contribution in [3.63, 3.8) is 0 Å². The van der Waals surface area contributed by atoms with Crippen LogP contribution >= 0.6 is 0 Å². The second kappa shape index (κ2) is 7.27. The molecule has 2 aliphatic rings. The Morgan fingerprint density at radius 2 is 1.96 bits per heavy atom. The molecule has 0 spiro atoms. The van der Waals surface area contributed by atoms with E-state index in [2.05, 4.69) is 15.2 Å². The first-order valence-electron chi connectivity index (χ1n) is 8.55. The molecule has 2 atom stereocenters. The van der Waals surface area contributed by atoms with Crippen molar-refractivity contribution in [3.8, 4) is 0 Å². The molecule has 0 aromatic carbocycles. The fraction of sp³-hybridized carbons (Fsp3) is 0.647. The predicted octanol–water partition coefficient (Wildman–Crippen LogP) is 0.873. The number of piperidine rings is 1. The number of carbonyl (C=O) groups excluding carboxylic acids is 1. The molecular formula is C17H25N3O3. The Bertz CT molecular complexity index is 593. The lowest BCUT2D eigenvalue weighted by atomic mass is 9.89. The third-order valence-corrected chi connectivity index (χ3v) is 5.06. The third-order valence-electron chi connectivity index (χ3n) is 5.06. The SMILES string of the molecule is O=C(NC1CCN(C2CCCCC2O)CC1)c1cc[nH]c(=O)c1. The quantitative estimate of drug-likeness (QED) is 0.772. The Kier molecular flexibility index (Phi) is 5.13. The number of hydrogen-bond acceptors (Lipinski definition) is 4. The first kappa shape index (κ1) is 16.2. The van der Waals surface area contributed by atoms with E-state index in [1.807, 2.05) is 0 Å². The summed E-state index contributed by atoms with van der Waals surface area (Å²) in [6.07, 6.45) is 7.36. The smallest absolute Gasteiger partial charge is 0.251 e. The van der Waals surface area contributed by atoms with Gasteiger partial charge in [-0.1, -0.05) is 12.8 Å². The summed E-state index contributed by atoms with van der Waals surface area (Å²) in [7, 11) is 0. The van der Waals surface area contributed by atoms with E-state index < -0.39 is 0 Å². The van der Waals surface area contributed by atoms with Crippen molar-refractivity contribution in [2.24, 2.45) is 0 Å². The maximum atomic E-state index is 12.2. The van der Waals surface area contributed by atoms with Crippen LogP contribution < -0.4 is 10.9 Å². The van der Waals surface area contributed by atoms with Crippen LogP contribution in [0.2, 0.25) is 0 Å². The van der Waals surface area contributed by atoms with Crippen molar-refractivity contribution in [2.45, 2.75) is 56.7 Å². The molecule has 3 rings (SSSR count). The number of pyridine rings is 1. The summed E-state index contributed by atoms with van der Waals surface area (Å²) >= 11 is 0. The van der Waals surface area contributed by atoms with Crippen LogP contribution in [0, 0.1) is 0 Å². The van der Waals surface area contributed by atoms with Gasteiger partial charge in [0.25, 0.3) is 5.91 Å². The van der Waals surface area contributed by atoms with Crippen molar-refractivity contribution in [3.05, 3.63) is 34.2 Å². The second-order valence-corrected chi connectivity index (χ2v) is 6.64. The summed E-state index contributed by atoms with van der Waals surface area (Å²) in [4.78, 5) is 28.3. The lowest BCUT2D eigenvalue weighted by Crippen LogP contribution is -2.52. The number of carbonyl (C=O) groups is 1. The van der Waals surface area contributed by atoms with Gasteiger partial charge in [-0.2, -0.15) is 0 Å². The molecule has 1 aliphatic heterocycles. The molecule has 3 N–H and O–H groups in total. The Hall–Kier alpha value is -1.66. The second-order valence-electron chi connectivity index (χ2n) is 6.64. The highest BCUT2D eigenvalue weighted by atomic mass is 16.3. The van der Waals surface area contributed by atoms with E-state index in [0.717, 1.165) is 45.2 Å². The molecule has 1 aliphatic carbocycles. The van der Waals surface area contributed by atoms with E-state index in [1.54, 1.807) is 6.07 Å². The van der Waals surface area contributed by atoms with Gasteiger partial charge >= 0.3 is 0 Å². The number of H-pyrrole nitrogens is 1. The highest BCUT2D eigenvalue weighted by Crippen LogP contribution is 2.25. The predicted molar refractivity (Wildman–Crippen MR) is 87.4 cm³/mol. The first-order valence-corrected chi connectivity index (χ1v) is 8.55. The van der Waals surface area contributed by atoms with Gasteiger partial charge in [0.1, 0.15) is 0 Å². The molecule has 6 heteroatoms. The number of amides is 1. The fourth-order valence-corrected chi connectivity index (χ4v) is 3.75. The zero-order chi connectivity index (χ0) is 16.2. The largest absolute Gasteiger partial charge is 0.391 e. The Balaban J connectivity index is 1.51. The van der Waals surface area contributed by atoms with Crippen LogP contribution in [-0.4, -0.2) is 52.2 Å². The number of aliphatic hydroxyl groups is 1. The molecule has 1 aromatic rings. The first-order chi connectivity index (χ1) is 11.1. The van der Waals surface area contributed by atoms with Gasteiger partial charge in [-0.05, 0) is 31.7 Å². The number of nitrogens with one attached hydrogen (secondary N) is 2. The van der Waals surface area contributed by atoms with Crippen LogP contribution in [0.15, 0.2) is 23.1 Å². The highest BCUT2D eigenvalue weighted by molar-refractivity contribution is 5.94. The van der Waals surface area contributed by atoms with E-state index in [0.29, 0.717) is 5.56 Å². The molecule has 2 fully saturated rings. The summed E-state index contributed by atoms with van der Waals surface area (Å²) < 4.78 is 0. The Morgan fingerprint density at radius 3 is 2.65 bits per heavy atom. The van der Waals surface area contributed by atoms with Crippen LogP contribution in [0.5, 0.6) is 0 Å². The maximum absolute atomic E-state index is 12.2. The average Bonchev–Trinajstić information content (AvgIpc) is 2.56. The van der Waals surface area contributed by atoms with Crippen molar-refractivity contribution >= 4 is 5.91 Å². The van der Waals surface area contributed by atoms with E-state index in [-0.39, 0.29) is 29.7 Å². The molecule has 1 saturated carbocycles. The summed E-state index contributed by atoms with van der Waals surface area (Å²) in [5.41, 5.74) is 0.137. The average molecular weight is 319 g/mol. The van der Waals surface area contributed by atoms with Crippen molar-refractivity contribution in [1.82, 2.24) is 15.2 Å². The van der Waals surface area contributed by atoms with Crippen LogP contribution in [0.25, 0.3) is 0 Å². The molecule has 0 radical (unpaired) electrons. The van der Waals surface area contributed by atoms with E-state index in [9.17, 15) is 14.7 Å². The van der Waals surface area contributed by atoms with Gasteiger partial charge in [-0.3, -0.25) is 14.5 Å². The minimum Gasteiger partial charge on any atom is -0.391 e. The number of nitrogens with zero attached hydrogens (tertiary/aromatic N) is 1. The standard InChI is InChI=1S/C17H25N3O3/c21-15-4-2-1-3-14(15)20-9-6-13(7-10-20)19-17(23)12-5-8-18-16(22)11-12/h5,8,11,13-15,21H,1-4,6-7,9-10H2,(H,18,22)(H,19,23). The van der Waals surface area contributed by atoms with Gasteiger partial charge in [-0.25, -0.2) is 0 Å². The van der Waals surface area contributed by atoms with Gasteiger partial charge in [0, 0.05) is 43.0 Å². The normalized spacial score (nSPS) is 26.8. The van der Waals surface area contributed by atoms with E-state index >= 15 is 0 Å². The molecule has 2 unspecified atom stereocenters. The number of aromatic nitrogens is 1. The monoisotopic (exact) mass is 319 g/mol. The van der Waals surface area contributed by atoms with E-state index in [4.69, 9.17) is 0 Å². The van der Waals surface area contributed by atoms with Crippen LogP contribution in [0.1, 0.15) is 48.9 Å². The van der Waals surface area contributed by atoms with Gasteiger partial charge in [-0.15, -0.1) is 0 Å². The molecule has 1 aromatic heterocycles. The zero-order valence-electron chi connectivity index (χ0n) is 13.3. The van der Waals surface area contributed by atoms with Gasteiger partial charge < -0.3 is 15.4 Å². The number of rotatable bonds is 3. The van der Waals surface area contributed by atoms with Crippen LogP contribution in [0.3, 0.4) is 0 Å². The number of aliphatic hydroxyl groups excluding tert-OH is 1. The van der Waals surface area contributed by atoms with Crippen LogP contribution in [0.4, 0.5) is 0 Å². The zero-order valence-corrected chi connectivity index (χ0v) is 13.3. The van der Waals surface area contributed by atoms with Crippen LogP contribution in [-0.2, 0) is 0 Å². The highest BCUT2D eigenvalue weighted by Gasteiger charge is 2.31. The molecule has 23 heavy (non-hydrogen) atoms. The summed E-state index contributed by atoms with van der Waals surface area (Å²) in [6, 6.07) is 3.36. The third kappa shape index (κ3) is 4.00. The molecule has 6 nitrogen and oxygen atoms in total. The lowest BCUT2D eigenvalue weighted by molar-refractivity contribution is 0.00727. The molecule has 2 heterocycles. The van der Waals surface area contributed by atoms with Crippen molar-refractivity contribution in [2.75, 3.05) is 13.1 Å². The fourth-order valence-electron chi connectivity index (χ4n) is 3.75. The van der Waals surface area contributed by atoms with E-state index in [1.165, 1.54) is 18.7 Å². The topological polar surface area (TPSA) is 85.4 Å². The molecule has 0 bridgehead atoms. The molecular weight excluding hydrogens is 294 g/mol. The summed E-state index contributed by atoms with van der Waals surface area (Å²) in [5, 5.41) is 13.2. The summed E-state index contributed by atoms with van der Waals surface area (Å²) in [5.74, 6) is -0.188. The lowest BCUT2D eigenvalue weighted by Gasteiger charge is -2.41. The maximum Gasteiger partial charge on any atom is 0.251 e. The summed E-state index contributed by atoms with van der Waals surface area (Å²) in [6.45, 7) is 1.81. The van der Waals surface area contributed by atoms with Gasteiger partial charge in [0.2, 0.25) is 5.56 Å². The van der Waals surface area contributed by atoms with Gasteiger partial charge in [0.05, 0.1) is 6.10 Å².